The maximum atomic E-state index is 8.77. The maximum Gasteiger partial charge on any atom is 0.277 e. The molecule has 150 valence electrons. The lowest BCUT2D eigenvalue weighted by Gasteiger charge is -2.33. The summed E-state index contributed by atoms with van der Waals surface area (Å²) in [6.07, 6.45) is -0.294. The molecule has 0 amide bonds. The minimum Gasteiger partial charge on any atom is -0.539 e. The molecule has 1 aliphatic heterocycles. The smallest absolute Gasteiger partial charge is 0.277 e. The zero-order chi connectivity index (χ0) is 25.1. The number of pyridine rings is 1. The number of fused-ring (bicyclic) bond motifs is 3. The van der Waals surface area contributed by atoms with Gasteiger partial charge in [-0.05, 0) is 78.2 Å². The molecule has 1 aliphatic rings. The molecule has 0 spiro atoms. The van der Waals surface area contributed by atoms with Gasteiger partial charge >= 0.3 is 0 Å². The molecule has 0 atom stereocenters. The molecule has 2 aromatic carbocycles. The standard InChI is InChI=1S/C26H31NOSi/c1-18-17-27-23(15-19(18)13-14-26(2,3)4)20-11-12-22-21-9-7-8-10-24(21)28-29(5,6)25(22)16-20/h7-12,15-17H,13-14H2,1-6H3/i1D3,13D2. The van der Waals surface area contributed by atoms with Crippen molar-refractivity contribution in [1.82, 2.24) is 4.98 Å². The summed E-state index contributed by atoms with van der Waals surface area (Å²) in [5.41, 5.74) is 3.43. The highest BCUT2D eigenvalue weighted by Gasteiger charge is 2.35. The second-order valence-corrected chi connectivity index (χ2v) is 13.2. The summed E-state index contributed by atoms with van der Waals surface area (Å²) in [6, 6.07) is 15.8. The van der Waals surface area contributed by atoms with Crippen LogP contribution in [0.15, 0.2) is 54.7 Å². The predicted molar refractivity (Wildman–Crippen MR) is 125 cm³/mol. The Morgan fingerprint density at radius 2 is 1.86 bits per heavy atom. The first-order valence-electron chi connectivity index (χ1n) is 12.5. The molecule has 0 radical (unpaired) electrons. The lowest BCUT2D eigenvalue weighted by Crippen LogP contribution is -2.50. The van der Waals surface area contributed by atoms with E-state index in [0.29, 0.717) is 5.69 Å². The van der Waals surface area contributed by atoms with Crippen molar-refractivity contribution >= 4 is 13.5 Å². The molecule has 0 saturated heterocycles. The Kier molecular flexibility index (Phi) is 3.59. The van der Waals surface area contributed by atoms with Crippen LogP contribution in [0.25, 0.3) is 22.4 Å². The number of benzene rings is 2. The Bertz CT molecular complexity index is 1240. The van der Waals surface area contributed by atoms with Crippen LogP contribution in [-0.2, 0) is 6.37 Å². The van der Waals surface area contributed by atoms with Gasteiger partial charge in [0.25, 0.3) is 8.32 Å². The van der Waals surface area contributed by atoms with E-state index in [0.717, 1.165) is 27.6 Å². The lowest BCUT2D eigenvalue weighted by atomic mass is 9.88. The van der Waals surface area contributed by atoms with E-state index in [-0.39, 0.29) is 23.0 Å². The van der Waals surface area contributed by atoms with E-state index in [1.807, 2.05) is 45.0 Å². The van der Waals surface area contributed by atoms with Crippen molar-refractivity contribution in [1.29, 1.82) is 0 Å². The van der Waals surface area contributed by atoms with Crippen LogP contribution in [0.3, 0.4) is 0 Å². The Balaban J connectivity index is 1.87. The number of para-hydroxylation sites is 1. The first-order chi connectivity index (χ1) is 15.6. The molecule has 2 heterocycles. The SMILES string of the molecule is [2H]C([2H])([2H])c1cnc(-c2ccc3c(c2)[Si](C)(C)Oc2ccccc2-3)cc1C([2H])([2H])CC(C)(C)C. The van der Waals surface area contributed by atoms with Crippen molar-refractivity contribution in [2.75, 3.05) is 0 Å². The van der Waals surface area contributed by atoms with Crippen LogP contribution < -0.4 is 9.61 Å². The van der Waals surface area contributed by atoms with Crippen molar-refractivity contribution in [3.05, 3.63) is 65.9 Å². The highest BCUT2D eigenvalue weighted by molar-refractivity contribution is 6.86. The van der Waals surface area contributed by atoms with Gasteiger partial charge < -0.3 is 4.43 Å². The average Bonchev–Trinajstić information content (AvgIpc) is 2.70. The van der Waals surface area contributed by atoms with E-state index in [1.54, 1.807) is 6.07 Å². The molecule has 4 rings (SSSR count). The van der Waals surface area contributed by atoms with Gasteiger partial charge in [-0.25, -0.2) is 0 Å². The van der Waals surface area contributed by atoms with Gasteiger partial charge in [0.2, 0.25) is 0 Å². The number of aryl methyl sites for hydroxylation is 2. The van der Waals surface area contributed by atoms with Crippen molar-refractivity contribution in [2.24, 2.45) is 5.41 Å². The molecule has 0 saturated carbocycles. The number of hydrogen-bond acceptors (Lipinski definition) is 2. The molecular weight excluding hydrogens is 370 g/mol. The summed E-state index contributed by atoms with van der Waals surface area (Å²) in [5.74, 6) is 0.900. The quantitative estimate of drug-likeness (QED) is 0.463. The van der Waals surface area contributed by atoms with Gasteiger partial charge in [0, 0.05) is 24.2 Å². The van der Waals surface area contributed by atoms with Gasteiger partial charge in [-0.15, -0.1) is 0 Å². The minimum atomic E-state index is -2.45. The fourth-order valence-electron chi connectivity index (χ4n) is 3.66. The molecule has 0 aliphatic carbocycles. The van der Waals surface area contributed by atoms with Gasteiger partial charge in [0.15, 0.2) is 0 Å². The first kappa shape index (κ1) is 14.6. The summed E-state index contributed by atoms with van der Waals surface area (Å²) < 4.78 is 47.8. The Hall–Kier alpha value is -2.39. The Morgan fingerprint density at radius 1 is 1.07 bits per heavy atom. The predicted octanol–water partition coefficient (Wildman–Crippen LogP) is 6.51. The van der Waals surface area contributed by atoms with E-state index < -0.39 is 21.5 Å². The van der Waals surface area contributed by atoms with Crippen LogP contribution >= 0.6 is 0 Å². The summed E-state index contributed by atoms with van der Waals surface area (Å²) in [4.78, 5) is 4.47. The van der Waals surface area contributed by atoms with Gasteiger partial charge in [0.1, 0.15) is 5.75 Å². The lowest BCUT2D eigenvalue weighted by molar-refractivity contribution is 0.378. The Morgan fingerprint density at radius 3 is 2.62 bits per heavy atom. The van der Waals surface area contributed by atoms with Gasteiger partial charge in [0.05, 0.1) is 5.69 Å². The van der Waals surface area contributed by atoms with E-state index in [1.165, 1.54) is 6.20 Å². The summed E-state index contributed by atoms with van der Waals surface area (Å²) in [6.45, 7) is 7.73. The van der Waals surface area contributed by atoms with E-state index >= 15 is 0 Å². The molecule has 0 fully saturated rings. The summed E-state index contributed by atoms with van der Waals surface area (Å²) in [5, 5.41) is 1.14. The van der Waals surface area contributed by atoms with Crippen molar-refractivity contribution in [2.45, 2.75) is 53.5 Å². The molecule has 1 aromatic heterocycles. The zero-order valence-corrected chi connectivity index (χ0v) is 18.8. The van der Waals surface area contributed by atoms with Crippen LogP contribution in [0.5, 0.6) is 5.75 Å². The highest BCUT2D eigenvalue weighted by atomic mass is 28.4. The molecule has 3 heteroatoms. The third-order valence-corrected chi connectivity index (χ3v) is 7.66. The molecule has 2 nitrogen and oxygen atoms in total. The van der Waals surface area contributed by atoms with Crippen LogP contribution in [0.1, 0.15) is 45.2 Å². The third kappa shape index (κ3) is 4.02. The maximum absolute atomic E-state index is 8.77. The van der Waals surface area contributed by atoms with Crippen molar-refractivity contribution in [3.63, 3.8) is 0 Å². The second kappa shape index (κ2) is 7.14. The summed E-state index contributed by atoms with van der Waals surface area (Å²) in [7, 11) is -2.24. The molecule has 3 aromatic rings. The van der Waals surface area contributed by atoms with Gasteiger partial charge in [-0.3, -0.25) is 4.98 Å². The van der Waals surface area contributed by atoms with Crippen molar-refractivity contribution < 1.29 is 11.3 Å². The van der Waals surface area contributed by atoms with Crippen LogP contribution in [0.2, 0.25) is 13.1 Å². The van der Waals surface area contributed by atoms with Crippen molar-refractivity contribution in [3.8, 4) is 28.1 Å². The fourth-order valence-corrected chi connectivity index (χ4v) is 5.87. The first-order valence-corrected chi connectivity index (χ1v) is 12.9. The molecular formula is C26H31NOSi. The number of nitrogens with zero attached hydrogens (tertiary/aromatic N) is 1. The molecule has 0 bridgehead atoms. The highest BCUT2D eigenvalue weighted by Crippen LogP contribution is 2.37. The zero-order valence-electron chi connectivity index (χ0n) is 22.8. The monoisotopic (exact) mass is 406 g/mol. The third-order valence-electron chi connectivity index (χ3n) is 5.22. The average molecular weight is 407 g/mol. The minimum absolute atomic E-state index is 0.0320. The number of rotatable bonds is 3. The Labute approximate surface area is 183 Å². The topological polar surface area (TPSA) is 22.1 Å². The van der Waals surface area contributed by atoms with Crippen LogP contribution in [0.4, 0.5) is 0 Å². The van der Waals surface area contributed by atoms with Crippen LogP contribution in [0, 0.1) is 12.3 Å². The normalized spacial score (nSPS) is 18.2. The number of hydrogen-bond donors (Lipinski definition) is 0. The van der Waals surface area contributed by atoms with E-state index in [2.05, 4.69) is 36.3 Å². The molecule has 29 heavy (non-hydrogen) atoms. The van der Waals surface area contributed by atoms with Gasteiger partial charge in [-0.1, -0.05) is 51.1 Å². The van der Waals surface area contributed by atoms with E-state index in [4.69, 9.17) is 11.3 Å². The van der Waals surface area contributed by atoms with E-state index in [9.17, 15) is 0 Å². The largest absolute Gasteiger partial charge is 0.539 e. The second-order valence-electron chi connectivity index (χ2n) is 9.40. The number of aromatic nitrogens is 1. The molecule has 0 unspecified atom stereocenters. The van der Waals surface area contributed by atoms with Gasteiger partial charge in [-0.2, -0.15) is 0 Å². The fraction of sp³-hybridized carbons (Fsp3) is 0.346. The van der Waals surface area contributed by atoms with Crippen LogP contribution in [-0.4, -0.2) is 13.3 Å². The molecule has 0 N–H and O–H groups in total. The summed E-state index contributed by atoms with van der Waals surface area (Å²) >= 11 is 0.